The average Bonchev–Trinajstić information content (AvgIpc) is 3.26. The van der Waals surface area contributed by atoms with Gasteiger partial charge in [0.15, 0.2) is 0 Å². The summed E-state index contributed by atoms with van der Waals surface area (Å²) in [6.45, 7) is 7.12. The molecular formula is C24H28N4O2S. The van der Waals surface area contributed by atoms with Gasteiger partial charge in [-0.2, -0.15) is 0 Å². The van der Waals surface area contributed by atoms with Crippen molar-refractivity contribution in [3.05, 3.63) is 75.7 Å². The van der Waals surface area contributed by atoms with Crippen molar-refractivity contribution in [1.82, 2.24) is 15.2 Å². The van der Waals surface area contributed by atoms with Crippen molar-refractivity contribution in [2.45, 2.75) is 20.0 Å². The van der Waals surface area contributed by atoms with Crippen LogP contribution in [0.15, 0.2) is 53.9 Å². The normalized spacial score (nSPS) is 14.5. The number of hydrogen-bond donors (Lipinski definition) is 1. The maximum Gasteiger partial charge on any atom is 0.271 e. The molecule has 31 heavy (non-hydrogen) atoms. The van der Waals surface area contributed by atoms with Crippen LogP contribution >= 0.6 is 11.3 Å². The van der Waals surface area contributed by atoms with Crippen LogP contribution in [0.5, 0.6) is 5.75 Å². The van der Waals surface area contributed by atoms with Crippen molar-refractivity contribution in [3.8, 4) is 5.75 Å². The summed E-state index contributed by atoms with van der Waals surface area (Å²) in [6.07, 6.45) is 0. The minimum atomic E-state index is -0.120. The first-order chi connectivity index (χ1) is 15.1. The number of amides is 1. The minimum Gasteiger partial charge on any atom is -0.495 e. The number of piperazine rings is 1. The number of nitrogens with zero attached hydrogens (tertiary/aromatic N) is 3. The van der Waals surface area contributed by atoms with E-state index < -0.39 is 0 Å². The number of aryl methyl sites for hydroxylation is 1. The Morgan fingerprint density at radius 2 is 1.94 bits per heavy atom. The lowest BCUT2D eigenvalue weighted by Gasteiger charge is -2.36. The fourth-order valence-electron chi connectivity index (χ4n) is 3.81. The molecule has 1 aromatic heterocycles. The van der Waals surface area contributed by atoms with Gasteiger partial charge >= 0.3 is 0 Å². The Kier molecular flexibility index (Phi) is 6.84. The molecule has 1 fully saturated rings. The topological polar surface area (TPSA) is 57.7 Å². The van der Waals surface area contributed by atoms with Crippen LogP contribution in [0.1, 0.15) is 26.6 Å². The highest BCUT2D eigenvalue weighted by atomic mass is 32.1. The second-order valence-corrected chi connectivity index (χ2v) is 8.68. The predicted molar refractivity (Wildman–Crippen MR) is 125 cm³/mol. The molecule has 1 N–H and O–H groups in total. The summed E-state index contributed by atoms with van der Waals surface area (Å²) in [6, 6.07) is 16.3. The number of aromatic nitrogens is 1. The number of anilines is 1. The Balaban J connectivity index is 1.28. The number of carbonyl (C=O) groups excluding carboxylic acids is 1. The summed E-state index contributed by atoms with van der Waals surface area (Å²) in [5.41, 5.74) is 3.93. The van der Waals surface area contributed by atoms with Gasteiger partial charge in [0.2, 0.25) is 0 Å². The smallest absolute Gasteiger partial charge is 0.271 e. The standard InChI is InChI=1S/C24H28N4O2S/c1-18-6-5-7-19(14-18)15-25-24(29)20-17-31-23(26-20)16-27-10-12-28(13-11-27)21-8-3-4-9-22(21)30-2/h3-9,14,17H,10-13,15-16H2,1-2H3,(H,25,29). The molecule has 0 radical (unpaired) electrons. The molecule has 0 saturated carbocycles. The number of rotatable bonds is 7. The Morgan fingerprint density at radius 1 is 1.13 bits per heavy atom. The van der Waals surface area contributed by atoms with E-state index in [9.17, 15) is 4.79 Å². The summed E-state index contributed by atoms with van der Waals surface area (Å²) >= 11 is 1.55. The Bertz CT molecular complexity index is 1030. The number of carbonyl (C=O) groups is 1. The van der Waals surface area contributed by atoms with E-state index in [0.717, 1.165) is 54.7 Å². The van der Waals surface area contributed by atoms with Crippen molar-refractivity contribution >= 4 is 22.9 Å². The van der Waals surface area contributed by atoms with Gasteiger partial charge in [-0.25, -0.2) is 4.98 Å². The van der Waals surface area contributed by atoms with Crippen LogP contribution in [0.2, 0.25) is 0 Å². The zero-order chi connectivity index (χ0) is 21.6. The minimum absolute atomic E-state index is 0.120. The largest absolute Gasteiger partial charge is 0.495 e. The van der Waals surface area contributed by atoms with Gasteiger partial charge in [0.25, 0.3) is 5.91 Å². The highest BCUT2D eigenvalue weighted by molar-refractivity contribution is 7.09. The molecule has 0 atom stereocenters. The second kappa shape index (κ2) is 9.94. The quantitative estimate of drug-likeness (QED) is 0.612. The van der Waals surface area contributed by atoms with Gasteiger partial charge in [-0.15, -0.1) is 11.3 Å². The highest BCUT2D eigenvalue weighted by Gasteiger charge is 2.21. The van der Waals surface area contributed by atoms with Gasteiger partial charge in [0.1, 0.15) is 16.5 Å². The number of benzene rings is 2. The van der Waals surface area contributed by atoms with Gasteiger partial charge in [-0.05, 0) is 24.6 Å². The monoisotopic (exact) mass is 436 g/mol. The number of thiazole rings is 1. The van der Waals surface area contributed by atoms with Crippen LogP contribution in [0.4, 0.5) is 5.69 Å². The van der Waals surface area contributed by atoms with Gasteiger partial charge in [0.05, 0.1) is 19.3 Å². The zero-order valence-corrected chi connectivity index (χ0v) is 18.8. The van der Waals surface area contributed by atoms with Crippen molar-refractivity contribution in [3.63, 3.8) is 0 Å². The fraction of sp³-hybridized carbons (Fsp3) is 0.333. The molecule has 1 amide bonds. The van der Waals surface area contributed by atoms with E-state index in [1.807, 2.05) is 48.7 Å². The number of nitrogens with one attached hydrogen (secondary N) is 1. The number of ether oxygens (including phenoxy) is 1. The zero-order valence-electron chi connectivity index (χ0n) is 18.0. The molecule has 1 saturated heterocycles. The van der Waals surface area contributed by atoms with Crippen molar-refractivity contribution in [2.75, 3.05) is 38.2 Å². The number of hydrogen-bond acceptors (Lipinski definition) is 6. The van der Waals surface area contributed by atoms with Gasteiger partial charge in [-0.3, -0.25) is 9.69 Å². The molecule has 2 heterocycles. The first kappa shape index (κ1) is 21.3. The third-order valence-corrected chi connectivity index (χ3v) is 6.31. The van der Waals surface area contributed by atoms with E-state index in [4.69, 9.17) is 4.74 Å². The lowest BCUT2D eigenvalue weighted by atomic mass is 10.1. The summed E-state index contributed by atoms with van der Waals surface area (Å²) in [5, 5.41) is 5.80. The predicted octanol–water partition coefficient (Wildman–Crippen LogP) is 3.71. The molecule has 0 spiro atoms. The third-order valence-electron chi connectivity index (χ3n) is 5.48. The molecular weight excluding hydrogens is 408 g/mol. The lowest BCUT2D eigenvalue weighted by Crippen LogP contribution is -2.46. The first-order valence-corrected chi connectivity index (χ1v) is 11.4. The molecule has 0 aliphatic carbocycles. The Labute approximate surface area is 187 Å². The van der Waals surface area contributed by atoms with Crippen LogP contribution in [0, 0.1) is 6.92 Å². The van der Waals surface area contributed by atoms with Crippen LogP contribution < -0.4 is 15.0 Å². The molecule has 6 nitrogen and oxygen atoms in total. The van der Waals surface area contributed by atoms with Crippen LogP contribution in [-0.4, -0.2) is 49.1 Å². The number of para-hydroxylation sites is 2. The summed E-state index contributed by atoms with van der Waals surface area (Å²) < 4.78 is 5.50. The molecule has 0 unspecified atom stereocenters. The van der Waals surface area contributed by atoms with Crippen LogP contribution in [-0.2, 0) is 13.1 Å². The summed E-state index contributed by atoms with van der Waals surface area (Å²) in [4.78, 5) is 21.8. The Morgan fingerprint density at radius 3 is 2.71 bits per heavy atom. The van der Waals surface area contributed by atoms with Crippen molar-refractivity contribution in [2.24, 2.45) is 0 Å². The second-order valence-electron chi connectivity index (χ2n) is 7.73. The molecule has 7 heteroatoms. The summed E-state index contributed by atoms with van der Waals surface area (Å²) in [5.74, 6) is 0.794. The van der Waals surface area contributed by atoms with Crippen LogP contribution in [0.25, 0.3) is 0 Å². The first-order valence-electron chi connectivity index (χ1n) is 10.5. The maximum absolute atomic E-state index is 12.5. The lowest BCUT2D eigenvalue weighted by molar-refractivity contribution is 0.0946. The maximum atomic E-state index is 12.5. The molecule has 2 aromatic carbocycles. The molecule has 3 aromatic rings. The van der Waals surface area contributed by atoms with Crippen molar-refractivity contribution in [1.29, 1.82) is 0 Å². The van der Waals surface area contributed by atoms with E-state index in [1.54, 1.807) is 18.4 Å². The van der Waals surface area contributed by atoms with Crippen molar-refractivity contribution < 1.29 is 9.53 Å². The SMILES string of the molecule is COc1ccccc1N1CCN(Cc2nc(C(=O)NCc3cccc(C)c3)cs2)CC1. The van der Waals surface area contributed by atoms with E-state index in [-0.39, 0.29) is 5.91 Å². The average molecular weight is 437 g/mol. The van der Waals surface area contributed by atoms with Gasteiger partial charge in [-0.1, -0.05) is 42.0 Å². The van der Waals surface area contributed by atoms with E-state index in [0.29, 0.717) is 12.2 Å². The van der Waals surface area contributed by atoms with E-state index >= 15 is 0 Å². The molecule has 0 bridgehead atoms. The third kappa shape index (κ3) is 5.42. The fourth-order valence-corrected chi connectivity index (χ4v) is 4.63. The summed E-state index contributed by atoms with van der Waals surface area (Å²) in [7, 11) is 1.71. The van der Waals surface area contributed by atoms with Crippen LogP contribution in [0.3, 0.4) is 0 Å². The van der Waals surface area contributed by atoms with Gasteiger partial charge < -0.3 is 15.0 Å². The Hall–Kier alpha value is -2.90. The number of methoxy groups -OCH3 is 1. The molecule has 4 rings (SSSR count). The highest BCUT2D eigenvalue weighted by Crippen LogP contribution is 2.28. The van der Waals surface area contributed by atoms with E-state index in [1.165, 1.54) is 5.56 Å². The van der Waals surface area contributed by atoms with Gasteiger partial charge in [0, 0.05) is 38.1 Å². The molecule has 1 aliphatic rings. The molecule has 1 aliphatic heterocycles. The van der Waals surface area contributed by atoms with E-state index in [2.05, 4.69) is 32.2 Å². The molecule has 162 valence electrons.